The predicted molar refractivity (Wildman–Crippen MR) is 68.5 cm³/mol. The molecule has 1 aromatic rings. The second-order valence-corrected chi connectivity index (χ2v) is 4.35. The Morgan fingerprint density at radius 3 is 2.33 bits per heavy atom. The van der Waals surface area contributed by atoms with E-state index in [-0.39, 0.29) is 0 Å². The van der Waals surface area contributed by atoms with Crippen molar-refractivity contribution in [3.63, 3.8) is 0 Å². The van der Waals surface area contributed by atoms with Gasteiger partial charge >= 0.3 is 5.97 Å². The molecule has 1 atom stereocenters. The molecule has 0 aliphatic heterocycles. The molecular weight excluding hydrogens is 256 g/mol. The topological polar surface area (TPSA) is 52.6 Å². The van der Waals surface area contributed by atoms with Gasteiger partial charge in [-0.1, -0.05) is 6.07 Å². The number of aryl methyl sites for hydroxylation is 2. The Hall–Kier alpha value is -1.55. The van der Waals surface area contributed by atoms with Crippen molar-refractivity contribution in [3.8, 4) is 5.75 Å². The number of alkyl halides is 1. The molecule has 0 saturated heterocycles. The maximum Gasteiger partial charge on any atom is 0.331 e. The van der Waals surface area contributed by atoms with Crippen LogP contribution in [-0.2, 0) is 9.53 Å². The summed E-state index contributed by atoms with van der Waals surface area (Å²) in [6.07, 6.45) is 0. The quantitative estimate of drug-likeness (QED) is 0.365. The van der Waals surface area contributed by atoms with Crippen molar-refractivity contribution in [2.45, 2.75) is 19.2 Å². The lowest BCUT2D eigenvalue weighted by atomic mass is 9.99. The Morgan fingerprint density at radius 1 is 1.22 bits per heavy atom. The summed E-state index contributed by atoms with van der Waals surface area (Å²) in [5.41, 5.74) is 1.99. The number of hydrogen-bond acceptors (Lipinski definition) is 4. The number of Topliss-reactive ketones (excluding diaryl/α,β-unsaturated/α-hetero) is 1. The molecule has 0 fully saturated rings. The monoisotopic (exact) mass is 270 g/mol. The van der Waals surface area contributed by atoms with Crippen LogP contribution in [0.3, 0.4) is 0 Å². The predicted octanol–water partition coefficient (Wildman–Crippen LogP) is 2.28. The van der Waals surface area contributed by atoms with Gasteiger partial charge in [0.05, 0.1) is 19.8 Å². The number of ether oxygens (including phenoxy) is 2. The van der Waals surface area contributed by atoms with E-state index in [0.29, 0.717) is 16.9 Å². The van der Waals surface area contributed by atoms with Gasteiger partial charge in [-0.15, -0.1) is 11.6 Å². The number of ketones is 1. The van der Waals surface area contributed by atoms with E-state index >= 15 is 0 Å². The zero-order chi connectivity index (χ0) is 13.9. The second kappa shape index (κ2) is 5.87. The Morgan fingerprint density at radius 2 is 1.83 bits per heavy atom. The van der Waals surface area contributed by atoms with Crippen molar-refractivity contribution in [1.29, 1.82) is 0 Å². The molecule has 18 heavy (non-hydrogen) atoms. The van der Waals surface area contributed by atoms with Crippen molar-refractivity contribution in [2.75, 3.05) is 14.2 Å². The van der Waals surface area contributed by atoms with Gasteiger partial charge in [0.15, 0.2) is 11.2 Å². The average molecular weight is 271 g/mol. The molecule has 5 heteroatoms. The molecule has 0 spiro atoms. The molecule has 0 N–H and O–H groups in total. The summed E-state index contributed by atoms with van der Waals surface area (Å²) in [5, 5.41) is -1.36. The minimum absolute atomic E-state index is 0.313. The normalized spacial score (nSPS) is 11.8. The summed E-state index contributed by atoms with van der Waals surface area (Å²) in [5.74, 6) is -0.881. The highest BCUT2D eigenvalue weighted by Crippen LogP contribution is 2.26. The molecule has 0 aliphatic carbocycles. The van der Waals surface area contributed by atoms with E-state index in [4.69, 9.17) is 16.3 Å². The van der Waals surface area contributed by atoms with Crippen LogP contribution >= 0.6 is 11.6 Å². The summed E-state index contributed by atoms with van der Waals surface area (Å²) in [7, 11) is 2.65. The lowest BCUT2D eigenvalue weighted by Crippen LogP contribution is -2.27. The minimum Gasteiger partial charge on any atom is -0.496 e. The maximum absolute atomic E-state index is 12.1. The third-order valence-electron chi connectivity index (χ3n) is 2.55. The van der Waals surface area contributed by atoms with Gasteiger partial charge in [-0.25, -0.2) is 4.79 Å². The maximum atomic E-state index is 12.1. The smallest absolute Gasteiger partial charge is 0.331 e. The number of benzene rings is 1. The number of methoxy groups -OCH3 is 2. The molecule has 1 rings (SSSR count). The minimum atomic E-state index is -1.36. The van der Waals surface area contributed by atoms with Gasteiger partial charge in [-0.2, -0.15) is 0 Å². The lowest BCUT2D eigenvalue weighted by molar-refractivity contribution is -0.139. The third kappa shape index (κ3) is 2.82. The number of esters is 1. The SMILES string of the molecule is COC(=O)C(Cl)C(=O)c1c(C)cc(C)cc1OC. The molecule has 1 unspecified atom stereocenters. The number of halogens is 1. The van der Waals surface area contributed by atoms with Crippen molar-refractivity contribution >= 4 is 23.4 Å². The highest BCUT2D eigenvalue weighted by atomic mass is 35.5. The van der Waals surface area contributed by atoms with Crippen molar-refractivity contribution in [3.05, 3.63) is 28.8 Å². The van der Waals surface area contributed by atoms with Crippen LogP contribution < -0.4 is 4.74 Å². The molecule has 0 bridgehead atoms. The summed E-state index contributed by atoms with van der Waals surface area (Å²) in [6, 6.07) is 3.55. The summed E-state index contributed by atoms with van der Waals surface area (Å²) in [6.45, 7) is 3.66. The molecular formula is C13H15ClO4. The lowest BCUT2D eigenvalue weighted by Gasteiger charge is -2.14. The van der Waals surface area contributed by atoms with Crippen molar-refractivity contribution in [1.82, 2.24) is 0 Å². The Kier molecular flexibility index (Phi) is 4.73. The molecule has 0 heterocycles. The van der Waals surface area contributed by atoms with Gasteiger partial charge < -0.3 is 9.47 Å². The van der Waals surface area contributed by atoms with Gasteiger partial charge in [0.2, 0.25) is 0 Å². The fraction of sp³-hybridized carbons (Fsp3) is 0.385. The molecule has 0 amide bonds. The van der Waals surface area contributed by atoms with Gasteiger partial charge in [0, 0.05) is 0 Å². The largest absolute Gasteiger partial charge is 0.496 e. The molecule has 0 radical (unpaired) electrons. The van der Waals surface area contributed by atoms with E-state index in [1.54, 1.807) is 13.0 Å². The van der Waals surface area contributed by atoms with Gasteiger partial charge in [0.25, 0.3) is 0 Å². The fourth-order valence-electron chi connectivity index (χ4n) is 1.74. The second-order valence-electron chi connectivity index (χ2n) is 3.91. The van der Waals surface area contributed by atoms with Crippen LogP contribution in [0.2, 0.25) is 0 Å². The van der Waals surface area contributed by atoms with Crippen LogP contribution in [0.4, 0.5) is 0 Å². The summed E-state index contributed by atoms with van der Waals surface area (Å²) in [4.78, 5) is 23.4. The highest BCUT2D eigenvalue weighted by molar-refractivity contribution is 6.43. The molecule has 0 saturated carbocycles. The molecule has 98 valence electrons. The number of carbonyl (C=O) groups excluding carboxylic acids is 2. The zero-order valence-corrected chi connectivity index (χ0v) is 11.5. The molecule has 4 nitrogen and oxygen atoms in total. The first-order valence-corrected chi connectivity index (χ1v) is 5.77. The van der Waals surface area contributed by atoms with E-state index in [1.165, 1.54) is 14.2 Å². The van der Waals surface area contributed by atoms with Crippen LogP contribution in [0.5, 0.6) is 5.75 Å². The van der Waals surface area contributed by atoms with E-state index < -0.39 is 17.1 Å². The zero-order valence-electron chi connectivity index (χ0n) is 10.7. The Labute approximate surface area is 111 Å². The third-order valence-corrected chi connectivity index (χ3v) is 2.92. The summed E-state index contributed by atoms with van der Waals surface area (Å²) < 4.78 is 9.62. The van der Waals surface area contributed by atoms with Crippen LogP contribution in [0.15, 0.2) is 12.1 Å². The van der Waals surface area contributed by atoms with Crippen molar-refractivity contribution in [2.24, 2.45) is 0 Å². The van der Waals surface area contributed by atoms with Crippen LogP contribution in [0.25, 0.3) is 0 Å². The molecule has 0 aromatic heterocycles. The average Bonchev–Trinajstić information content (AvgIpc) is 2.35. The van der Waals surface area contributed by atoms with E-state index in [1.807, 2.05) is 13.0 Å². The number of rotatable bonds is 4. The standard InChI is InChI=1S/C13H15ClO4/c1-7-5-8(2)10(9(6-7)17-3)12(15)11(14)13(16)18-4/h5-6,11H,1-4H3. The van der Waals surface area contributed by atoms with Crippen LogP contribution in [0, 0.1) is 13.8 Å². The van der Waals surface area contributed by atoms with Crippen LogP contribution in [-0.4, -0.2) is 31.3 Å². The highest BCUT2D eigenvalue weighted by Gasteiger charge is 2.29. The van der Waals surface area contributed by atoms with E-state index in [2.05, 4.69) is 4.74 Å². The number of carbonyl (C=O) groups is 2. The first-order valence-electron chi connectivity index (χ1n) is 5.33. The summed E-state index contributed by atoms with van der Waals surface area (Å²) >= 11 is 5.78. The Balaban J connectivity index is 3.24. The Bertz CT molecular complexity index is 482. The van der Waals surface area contributed by atoms with Crippen molar-refractivity contribution < 1.29 is 19.1 Å². The first-order chi connectivity index (χ1) is 8.42. The van der Waals surface area contributed by atoms with Crippen LogP contribution in [0.1, 0.15) is 21.5 Å². The molecule has 1 aromatic carbocycles. The molecule has 0 aliphatic rings. The van der Waals surface area contributed by atoms with Gasteiger partial charge in [0.1, 0.15) is 5.75 Å². The number of hydrogen-bond donors (Lipinski definition) is 0. The fourth-order valence-corrected chi connectivity index (χ4v) is 1.94. The van der Waals surface area contributed by atoms with Gasteiger partial charge in [-0.3, -0.25) is 4.79 Å². The first kappa shape index (κ1) is 14.5. The van der Waals surface area contributed by atoms with E-state index in [9.17, 15) is 9.59 Å². The van der Waals surface area contributed by atoms with Gasteiger partial charge in [-0.05, 0) is 31.0 Å². The van der Waals surface area contributed by atoms with E-state index in [0.717, 1.165) is 5.56 Å².